The first kappa shape index (κ1) is 14.8. The van der Waals surface area contributed by atoms with Crippen molar-refractivity contribution in [3.8, 4) is 0 Å². The van der Waals surface area contributed by atoms with E-state index in [0.29, 0.717) is 13.0 Å². The number of aliphatic hydroxyl groups is 1. The van der Waals surface area contributed by atoms with Crippen molar-refractivity contribution < 1.29 is 14.6 Å². The van der Waals surface area contributed by atoms with E-state index in [1.165, 1.54) is 0 Å². The van der Waals surface area contributed by atoms with Crippen LogP contribution in [0.3, 0.4) is 0 Å². The van der Waals surface area contributed by atoms with E-state index in [9.17, 15) is 9.90 Å². The van der Waals surface area contributed by atoms with E-state index >= 15 is 0 Å². The second-order valence-electron chi connectivity index (χ2n) is 6.52. The first-order valence-electron chi connectivity index (χ1n) is 7.18. The summed E-state index contributed by atoms with van der Waals surface area (Å²) in [6.45, 7) is 6.96. The van der Waals surface area contributed by atoms with Crippen LogP contribution in [0.2, 0.25) is 0 Å². The summed E-state index contributed by atoms with van der Waals surface area (Å²) in [5, 5.41) is 12.1. The average molecular weight is 270 g/mol. The molecule has 4 N–H and O–H groups in total. The molecular formula is C14H26N2O3. The highest BCUT2D eigenvalue weighted by Gasteiger charge is 2.70. The minimum atomic E-state index is -0.850. The summed E-state index contributed by atoms with van der Waals surface area (Å²) in [4.78, 5) is 12.4. The summed E-state index contributed by atoms with van der Waals surface area (Å²) >= 11 is 0. The number of nitrogens with two attached hydrogens (primary N) is 1. The van der Waals surface area contributed by atoms with E-state index in [1.807, 2.05) is 13.8 Å². The van der Waals surface area contributed by atoms with Crippen LogP contribution in [0.4, 0.5) is 0 Å². The molecular weight excluding hydrogens is 244 g/mol. The van der Waals surface area contributed by atoms with Gasteiger partial charge in [-0.2, -0.15) is 0 Å². The molecule has 110 valence electrons. The predicted molar refractivity (Wildman–Crippen MR) is 72.5 cm³/mol. The van der Waals surface area contributed by atoms with Crippen molar-refractivity contribution in [1.82, 2.24) is 5.32 Å². The Labute approximate surface area is 114 Å². The molecule has 0 radical (unpaired) electrons. The molecule has 4 atom stereocenters. The quantitative estimate of drug-likeness (QED) is 0.690. The smallest absolute Gasteiger partial charge is 0.241 e. The van der Waals surface area contributed by atoms with E-state index in [0.717, 1.165) is 19.4 Å². The molecule has 0 aromatic carbocycles. The minimum absolute atomic E-state index is 0.0914. The number of aliphatic hydroxyl groups excluding tert-OH is 1. The summed E-state index contributed by atoms with van der Waals surface area (Å²) in [7, 11) is 0. The molecule has 1 aliphatic heterocycles. The van der Waals surface area contributed by atoms with E-state index in [4.69, 9.17) is 10.5 Å². The Morgan fingerprint density at radius 2 is 2.26 bits per heavy atom. The zero-order valence-electron chi connectivity index (χ0n) is 12.1. The molecule has 5 heteroatoms. The van der Waals surface area contributed by atoms with Gasteiger partial charge in [-0.05, 0) is 26.2 Å². The fraction of sp³-hybridized carbons (Fsp3) is 0.929. The minimum Gasteiger partial charge on any atom is -0.393 e. The molecule has 2 fully saturated rings. The van der Waals surface area contributed by atoms with Gasteiger partial charge in [0.25, 0.3) is 0 Å². The standard InChI is InChI=1S/C14H26N2O3/c1-9(17)6-7-16-12(18)14(15)10-5-4-8-19-11(10)13(14,2)3/h9-11,17H,4-8,15H2,1-3H3,(H,16,18). The lowest BCUT2D eigenvalue weighted by Gasteiger charge is -2.65. The molecule has 1 saturated heterocycles. The molecule has 5 nitrogen and oxygen atoms in total. The third kappa shape index (κ3) is 2.18. The third-order valence-corrected chi connectivity index (χ3v) is 4.91. The van der Waals surface area contributed by atoms with Gasteiger partial charge in [0.05, 0.1) is 12.2 Å². The van der Waals surface area contributed by atoms with E-state index in [2.05, 4.69) is 5.32 Å². The molecule has 2 aliphatic rings. The van der Waals surface area contributed by atoms with Crippen molar-refractivity contribution in [2.45, 2.75) is 57.8 Å². The lowest BCUT2D eigenvalue weighted by Crippen LogP contribution is -2.82. The molecule has 4 unspecified atom stereocenters. The van der Waals surface area contributed by atoms with Crippen molar-refractivity contribution in [3.63, 3.8) is 0 Å². The second-order valence-corrected chi connectivity index (χ2v) is 6.52. The molecule has 0 aromatic rings. The van der Waals surface area contributed by atoms with Crippen LogP contribution in [0, 0.1) is 11.3 Å². The van der Waals surface area contributed by atoms with Crippen LogP contribution < -0.4 is 11.1 Å². The molecule has 1 aliphatic carbocycles. The Kier molecular flexibility index (Phi) is 3.91. The largest absolute Gasteiger partial charge is 0.393 e. The topological polar surface area (TPSA) is 84.6 Å². The van der Waals surface area contributed by atoms with E-state index < -0.39 is 11.6 Å². The van der Waals surface area contributed by atoms with Gasteiger partial charge in [-0.3, -0.25) is 4.79 Å². The Morgan fingerprint density at radius 1 is 1.58 bits per heavy atom. The van der Waals surface area contributed by atoms with Crippen LogP contribution in [0.5, 0.6) is 0 Å². The molecule has 0 bridgehead atoms. The first-order valence-corrected chi connectivity index (χ1v) is 7.18. The Morgan fingerprint density at radius 3 is 2.89 bits per heavy atom. The molecule has 2 rings (SSSR count). The summed E-state index contributed by atoms with van der Waals surface area (Å²) in [6, 6.07) is 0. The van der Waals surface area contributed by atoms with Gasteiger partial charge in [-0.25, -0.2) is 0 Å². The Balaban J connectivity index is 2.02. The summed E-state index contributed by atoms with van der Waals surface area (Å²) in [5.74, 6) is 0.00713. The number of ether oxygens (including phenoxy) is 1. The number of rotatable bonds is 4. The number of amides is 1. The van der Waals surface area contributed by atoms with Gasteiger partial charge in [0.1, 0.15) is 5.54 Å². The highest BCUT2D eigenvalue weighted by molar-refractivity contribution is 5.89. The fourth-order valence-corrected chi connectivity index (χ4v) is 3.58. The Hall–Kier alpha value is -0.650. The maximum Gasteiger partial charge on any atom is 0.241 e. The molecule has 1 amide bonds. The third-order valence-electron chi connectivity index (χ3n) is 4.91. The summed E-state index contributed by atoms with van der Waals surface area (Å²) in [6.07, 6.45) is 2.15. The van der Waals surface area contributed by atoms with Crippen LogP contribution in [-0.2, 0) is 9.53 Å². The number of carbonyl (C=O) groups excluding carboxylic acids is 1. The fourth-order valence-electron chi connectivity index (χ4n) is 3.58. The van der Waals surface area contributed by atoms with Crippen LogP contribution in [0.1, 0.15) is 40.0 Å². The number of hydrogen-bond acceptors (Lipinski definition) is 4. The van der Waals surface area contributed by atoms with Crippen LogP contribution >= 0.6 is 0 Å². The zero-order chi connectivity index (χ0) is 14.3. The predicted octanol–water partition coefficient (Wildman–Crippen LogP) is 0.406. The maximum atomic E-state index is 12.4. The molecule has 1 saturated carbocycles. The van der Waals surface area contributed by atoms with E-state index in [1.54, 1.807) is 6.92 Å². The number of fused-ring (bicyclic) bond motifs is 1. The lowest BCUT2D eigenvalue weighted by molar-refractivity contribution is -0.225. The molecule has 0 aromatic heterocycles. The molecule has 19 heavy (non-hydrogen) atoms. The normalized spacial score (nSPS) is 37.9. The highest BCUT2D eigenvalue weighted by atomic mass is 16.5. The summed E-state index contributed by atoms with van der Waals surface area (Å²) in [5.41, 5.74) is 5.25. The highest BCUT2D eigenvalue weighted by Crippen LogP contribution is 2.57. The summed E-state index contributed by atoms with van der Waals surface area (Å²) < 4.78 is 5.78. The van der Waals surface area contributed by atoms with Crippen LogP contribution in [-0.4, -0.2) is 41.9 Å². The monoisotopic (exact) mass is 270 g/mol. The van der Waals surface area contributed by atoms with Gasteiger partial charge in [0, 0.05) is 24.5 Å². The number of nitrogens with one attached hydrogen (secondary N) is 1. The van der Waals surface area contributed by atoms with Crippen molar-refractivity contribution in [3.05, 3.63) is 0 Å². The lowest BCUT2D eigenvalue weighted by atomic mass is 9.46. The van der Waals surface area contributed by atoms with Crippen molar-refractivity contribution >= 4 is 5.91 Å². The van der Waals surface area contributed by atoms with Gasteiger partial charge in [-0.1, -0.05) is 13.8 Å². The molecule has 1 heterocycles. The number of hydrogen-bond donors (Lipinski definition) is 3. The van der Waals surface area contributed by atoms with Crippen LogP contribution in [0.25, 0.3) is 0 Å². The van der Waals surface area contributed by atoms with Crippen molar-refractivity contribution in [2.75, 3.05) is 13.2 Å². The maximum absolute atomic E-state index is 12.4. The van der Waals surface area contributed by atoms with Gasteiger partial charge in [0.15, 0.2) is 0 Å². The van der Waals surface area contributed by atoms with Gasteiger partial charge < -0.3 is 20.9 Å². The van der Waals surface area contributed by atoms with Crippen molar-refractivity contribution in [2.24, 2.45) is 17.1 Å². The van der Waals surface area contributed by atoms with Crippen LogP contribution in [0.15, 0.2) is 0 Å². The SMILES string of the molecule is CC(O)CCNC(=O)C1(N)C2CCCOC2C1(C)C. The zero-order valence-corrected chi connectivity index (χ0v) is 12.1. The van der Waals surface area contributed by atoms with E-state index in [-0.39, 0.29) is 23.3 Å². The first-order chi connectivity index (χ1) is 8.81. The number of carbonyl (C=O) groups is 1. The van der Waals surface area contributed by atoms with Gasteiger partial charge in [-0.15, -0.1) is 0 Å². The molecule has 0 spiro atoms. The second kappa shape index (κ2) is 5.04. The average Bonchev–Trinajstić information content (AvgIpc) is 2.37. The van der Waals surface area contributed by atoms with Gasteiger partial charge in [0.2, 0.25) is 5.91 Å². The van der Waals surface area contributed by atoms with Gasteiger partial charge >= 0.3 is 0 Å². The van der Waals surface area contributed by atoms with Crippen molar-refractivity contribution in [1.29, 1.82) is 0 Å². The Bertz CT molecular complexity index is 357.